The molecule has 0 fully saturated rings. The lowest BCUT2D eigenvalue weighted by atomic mass is 9.79. The van der Waals surface area contributed by atoms with E-state index < -0.39 is 11.5 Å². The van der Waals surface area contributed by atoms with E-state index in [0.29, 0.717) is 6.42 Å². The molecule has 60 valence electrons. The molecule has 10 heavy (non-hydrogen) atoms. The van der Waals surface area contributed by atoms with Crippen LogP contribution in [0.1, 0.15) is 34.1 Å². The van der Waals surface area contributed by atoms with Crippen LogP contribution in [-0.2, 0) is 4.79 Å². The minimum atomic E-state index is -0.546. The summed E-state index contributed by atoms with van der Waals surface area (Å²) < 4.78 is 0. The summed E-state index contributed by atoms with van der Waals surface area (Å²) >= 11 is 0. The maximum atomic E-state index is 11.0. The van der Waals surface area contributed by atoms with Crippen LogP contribution in [0.15, 0.2) is 0 Å². The van der Waals surface area contributed by atoms with Gasteiger partial charge in [0.05, 0.1) is 11.5 Å². The number of aliphatic hydroxyl groups is 1. The topological polar surface area (TPSA) is 37.3 Å². The molecule has 0 bridgehead atoms. The second kappa shape index (κ2) is 3.15. The van der Waals surface area contributed by atoms with Crippen molar-refractivity contribution in [2.45, 2.75) is 40.2 Å². The van der Waals surface area contributed by atoms with Crippen LogP contribution in [-0.4, -0.2) is 17.0 Å². The van der Waals surface area contributed by atoms with E-state index >= 15 is 0 Å². The molecular weight excluding hydrogens is 128 g/mol. The van der Waals surface area contributed by atoms with Gasteiger partial charge in [-0.1, -0.05) is 13.8 Å². The van der Waals surface area contributed by atoms with E-state index in [2.05, 4.69) is 0 Å². The first-order chi connectivity index (χ1) is 4.45. The Morgan fingerprint density at radius 2 is 2.10 bits per heavy atom. The minimum absolute atomic E-state index is 0.0602. The molecule has 0 amide bonds. The minimum Gasteiger partial charge on any atom is -0.392 e. The molecule has 2 unspecified atom stereocenters. The van der Waals surface area contributed by atoms with Gasteiger partial charge in [-0.25, -0.2) is 0 Å². The molecule has 0 aromatic rings. The average Bonchev–Trinajstić information content (AvgIpc) is 1.85. The Kier molecular flexibility index (Phi) is 3.03. The van der Waals surface area contributed by atoms with Gasteiger partial charge in [0.2, 0.25) is 0 Å². The number of rotatable bonds is 3. The largest absolute Gasteiger partial charge is 0.392 e. The highest BCUT2D eigenvalue weighted by Gasteiger charge is 2.32. The molecule has 2 nitrogen and oxygen atoms in total. The van der Waals surface area contributed by atoms with Crippen molar-refractivity contribution in [3.63, 3.8) is 0 Å². The van der Waals surface area contributed by atoms with Gasteiger partial charge in [0.1, 0.15) is 5.78 Å². The SMILES string of the molecule is CCC(C)(C(C)=O)C(C)O. The molecule has 0 spiro atoms. The van der Waals surface area contributed by atoms with Crippen molar-refractivity contribution in [1.29, 1.82) is 0 Å². The molecule has 2 heteroatoms. The Morgan fingerprint density at radius 1 is 1.70 bits per heavy atom. The van der Waals surface area contributed by atoms with Crippen LogP contribution in [0.3, 0.4) is 0 Å². The number of aliphatic hydroxyl groups excluding tert-OH is 1. The molecular formula is C8H16O2. The van der Waals surface area contributed by atoms with Gasteiger partial charge in [-0.2, -0.15) is 0 Å². The predicted molar refractivity (Wildman–Crippen MR) is 40.8 cm³/mol. The third-order valence-electron chi connectivity index (χ3n) is 2.46. The van der Waals surface area contributed by atoms with Crippen molar-refractivity contribution >= 4 is 5.78 Å². The molecule has 1 N–H and O–H groups in total. The average molecular weight is 144 g/mol. The lowest BCUT2D eigenvalue weighted by Gasteiger charge is -2.27. The summed E-state index contributed by atoms with van der Waals surface area (Å²) in [4.78, 5) is 11.0. The van der Waals surface area contributed by atoms with Crippen molar-refractivity contribution < 1.29 is 9.90 Å². The second-order valence-corrected chi connectivity index (χ2v) is 3.00. The maximum absolute atomic E-state index is 11.0. The van der Waals surface area contributed by atoms with Gasteiger partial charge in [-0.3, -0.25) is 4.79 Å². The van der Waals surface area contributed by atoms with Crippen molar-refractivity contribution in [3.05, 3.63) is 0 Å². The fourth-order valence-corrected chi connectivity index (χ4v) is 0.839. The Hall–Kier alpha value is -0.370. The number of hydrogen-bond acceptors (Lipinski definition) is 2. The zero-order valence-electron chi connectivity index (χ0n) is 7.14. The zero-order valence-corrected chi connectivity index (χ0v) is 7.14. The number of carbonyl (C=O) groups is 1. The highest BCUT2D eigenvalue weighted by molar-refractivity contribution is 5.82. The first-order valence-corrected chi connectivity index (χ1v) is 3.64. The molecule has 0 radical (unpaired) electrons. The van der Waals surface area contributed by atoms with Gasteiger partial charge in [-0.05, 0) is 20.3 Å². The lowest BCUT2D eigenvalue weighted by molar-refractivity contribution is -0.131. The van der Waals surface area contributed by atoms with E-state index in [4.69, 9.17) is 0 Å². The van der Waals surface area contributed by atoms with Gasteiger partial charge >= 0.3 is 0 Å². The summed E-state index contributed by atoms with van der Waals surface area (Å²) in [5.41, 5.74) is -0.542. The van der Waals surface area contributed by atoms with E-state index in [1.807, 2.05) is 6.92 Å². The summed E-state index contributed by atoms with van der Waals surface area (Å²) in [7, 11) is 0. The Labute approximate surface area is 62.2 Å². The van der Waals surface area contributed by atoms with E-state index in [0.717, 1.165) is 0 Å². The van der Waals surface area contributed by atoms with Crippen molar-refractivity contribution in [1.82, 2.24) is 0 Å². The van der Waals surface area contributed by atoms with Gasteiger partial charge in [0, 0.05) is 0 Å². The molecule has 0 aliphatic rings. The van der Waals surface area contributed by atoms with Crippen LogP contribution < -0.4 is 0 Å². The predicted octanol–water partition coefficient (Wildman–Crippen LogP) is 1.37. The van der Waals surface area contributed by atoms with Crippen LogP contribution in [0.2, 0.25) is 0 Å². The Balaban J connectivity index is 4.38. The van der Waals surface area contributed by atoms with E-state index in [1.54, 1.807) is 13.8 Å². The normalized spacial score (nSPS) is 19.7. The molecule has 0 rings (SSSR count). The van der Waals surface area contributed by atoms with Gasteiger partial charge in [0.25, 0.3) is 0 Å². The fraction of sp³-hybridized carbons (Fsp3) is 0.875. The molecule has 2 atom stereocenters. The maximum Gasteiger partial charge on any atom is 0.138 e. The molecule has 0 aliphatic carbocycles. The van der Waals surface area contributed by atoms with Crippen molar-refractivity contribution in [2.75, 3.05) is 0 Å². The van der Waals surface area contributed by atoms with Crippen LogP contribution in [0.5, 0.6) is 0 Å². The number of ketones is 1. The molecule has 0 aromatic carbocycles. The summed E-state index contributed by atoms with van der Waals surface area (Å²) in [5.74, 6) is 0.0602. The molecule has 0 aromatic heterocycles. The number of Topliss-reactive ketones (excluding diaryl/α,β-unsaturated/α-hetero) is 1. The van der Waals surface area contributed by atoms with Crippen LogP contribution in [0.25, 0.3) is 0 Å². The summed E-state index contributed by atoms with van der Waals surface area (Å²) in [6, 6.07) is 0. The smallest absolute Gasteiger partial charge is 0.138 e. The second-order valence-electron chi connectivity index (χ2n) is 3.00. The number of hydrogen-bond donors (Lipinski definition) is 1. The van der Waals surface area contributed by atoms with Crippen LogP contribution >= 0.6 is 0 Å². The van der Waals surface area contributed by atoms with Gasteiger partial charge in [-0.15, -0.1) is 0 Å². The van der Waals surface area contributed by atoms with E-state index in [9.17, 15) is 9.90 Å². The quantitative estimate of drug-likeness (QED) is 0.649. The van der Waals surface area contributed by atoms with E-state index in [-0.39, 0.29) is 5.78 Å². The molecule has 0 saturated carbocycles. The highest BCUT2D eigenvalue weighted by Crippen LogP contribution is 2.26. The zero-order chi connectivity index (χ0) is 8.36. The lowest BCUT2D eigenvalue weighted by Crippen LogP contribution is -2.35. The monoisotopic (exact) mass is 144 g/mol. The molecule has 0 heterocycles. The fourth-order valence-electron chi connectivity index (χ4n) is 0.839. The third-order valence-corrected chi connectivity index (χ3v) is 2.46. The van der Waals surface area contributed by atoms with Gasteiger partial charge < -0.3 is 5.11 Å². The molecule has 0 aliphatic heterocycles. The molecule has 0 saturated heterocycles. The first kappa shape index (κ1) is 9.63. The van der Waals surface area contributed by atoms with E-state index in [1.165, 1.54) is 6.92 Å². The highest BCUT2D eigenvalue weighted by atomic mass is 16.3. The van der Waals surface area contributed by atoms with Crippen molar-refractivity contribution in [3.8, 4) is 0 Å². The van der Waals surface area contributed by atoms with Crippen molar-refractivity contribution in [2.24, 2.45) is 5.41 Å². The summed E-state index contributed by atoms with van der Waals surface area (Å²) in [6.45, 7) is 6.88. The van der Waals surface area contributed by atoms with Crippen LogP contribution in [0.4, 0.5) is 0 Å². The third kappa shape index (κ3) is 1.57. The Bertz CT molecular complexity index is 129. The standard InChI is InChI=1S/C8H16O2/c1-5-8(4,6(2)9)7(3)10/h6,9H,5H2,1-4H3. The van der Waals surface area contributed by atoms with Crippen LogP contribution in [0, 0.1) is 5.41 Å². The Morgan fingerprint density at radius 3 is 2.10 bits per heavy atom. The summed E-state index contributed by atoms with van der Waals surface area (Å²) in [5, 5.41) is 9.22. The number of carbonyl (C=O) groups excluding carboxylic acids is 1. The first-order valence-electron chi connectivity index (χ1n) is 3.64. The summed E-state index contributed by atoms with van der Waals surface area (Å²) in [6.07, 6.45) is 0.148. The van der Waals surface area contributed by atoms with Gasteiger partial charge in [0.15, 0.2) is 0 Å².